The zero-order valence-electron chi connectivity index (χ0n) is 10.6. The van der Waals surface area contributed by atoms with Gasteiger partial charge in [0.1, 0.15) is 11.6 Å². The number of carbonyl (C=O) groups is 1. The fourth-order valence-electron chi connectivity index (χ4n) is 1.66. The van der Waals surface area contributed by atoms with Crippen LogP contribution in [0.3, 0.4) is 0 Å². The first kappa shape index (κ1) is 14.7. The molecule has 1 aromatic heterocycles. The Hall–Kier alpha value is -1.74. The Morgan fingerprint density at radius 2 is 2.10 bits per heavy atom. The maximum atomic E-state index is 13.0. The number of amides is 1. The number of hydrazine groups is 1. The van der Waals surface area contributed by atoms with Crippen molar-refractivity contribution < 1.29 is 9.18 Å². The largest absolute Gasteiger partial charge is 0.321 e. The minimum absolute atomic E-state index is 0.309. The molecule has 0 unspecified atom stereocenters. The van der Waals surface area contributed by atoms with Crippen molar-refractivity contribution in [3.63, 3.8) is 0 Å². The van der Waals surface area contributed by atoms with Gasteiger partial charge in [0.15, 0.2) is 0 Å². The molecule has 0 bridgehead atoms. The number of hydrogen-bond acceptors (Lipinski definition) is 4. The van der Waals surface area contributed by atoms with Crippen LogP contribution in [0.4, 0.5) is 15.9 Å². The smallest absolute Gasteiger partial charge is 0.255 e. The Morgan fingerprint density at radius 1 is 1.35 bits per heavy atom. The lowest BCUT2D eigenvalue weighted by Gasteiger charge is -2.09. The van der Waals surface area contributed by atoms with Gasteiger partial charge in [0.2, 0.25) is 0 Å². The van der Waals surface area contributed by atoms with Crippen LogP contribution in [0.15, 0.2) is 30.3 Å². The van der Waals surface area contributed by atoms with Gasteiger partial charge in [-0.3, -0.25) is 4.79 Å². The van der Waals surface area contributed by atoms with Crippen molar-refractivity contribution in [1.82, 2.24) is 4.98 Å². The zero-order chi connectivity index (χ0) is 14.7. The number of aromatic nitrogens is 1. The normalized spacial score (nSPS) is 10.2. The number of carbonyl (C=O) groups excluding carboxylic acids is 1. The highest BCUT2D eigenvalue weighted by molar-refractivity contribution is 14.1. The monoisotopic (exact) mass is 386 g/mol. The topological polar surface area (TPSA) is 80.0 Å². The molecule has 2 rings (SSSR count). The second-order valence-electron chi connectivity index (χ2n) is 4.11. The molecule has 0 aliphatic rings. The third kappa shape index (κ3) is 3.42. The van der Waals surface area contributed by atoms with Gasteiger partial charge in [0, 0.05) is 14.8 Å². The molecule has 5 nitrogen and oxygen atoms in total. The van der Waals surface area contributed by atoms with Crippen molar-refractivity contribution in [2.24, 2.45) is 5.84 Å². The number of aryl methyl sites for hydroxylation is 1. The summed E-state index contributed by atoms with van der Waals surface area (Å²) in [5.74, 6) is 5.05. The predicted octanol–water partition coefficient (Wildman–Crippen LogP) is 2.67. The molecule has 4 N–H and O–H groups in total. The second kappa shape index (κ2) is 6.14. The molecule has 0 atom stereocenters. The van der Waals surface area contributed by atoms with Gasteiger partial charge in [0.25, 0.3) is 5.91 Å². The van der Waals surface area contributed by atoms with E-state index in [1.807, 2.05) is 22.6 Å². The molecule has 0 radical (unpaired) electrons. The molecule has 7 heteroatoms. The van der Waals surface area contributed by atoms with Crippen LogP contribution in [0.2, 0.25) is 0 Å². The number of hydrogen-bond donors (Lipinski definition) is 3. The van der Waals surface area contributed by atoms with Gasteiger partial charge in [0.05, 0.1) is 5.69 Å². The van der Waals surface area contributed by atoms with E-state index in [0.29, 0.717) is 26.3 Å². The van der Waals surface area contributed by atoms with E-state index in [1.165, 1.54) is 18.2 Å². The summed E-state index contributed by atoms with van der Waals surface area (Å²) in [5.41, 5.74) is 4.04. The van der Waals surface area contributed by atoms with Gasteiger partial charge in [-0.1, -0.05) is 0 Å². The highest BCUT2D eigenvalue weighted by Crippen LogP contribution is 2.20. The minimum atomic E-state index is -0.346. The molecule has 104 valence electrons. The average Bonchev–Trinajstić information content (AvgIpc) is 2.41. The maximum Gasteiger partial charge on any atom is 0.255 e. The summed E-state index contributed by atoms with van der Waals surface area (Å²) in [5, 5.41) is 2.72. The second-order valence-corrected chi connectivity index (χ2v) is 5.27. The predicted molar refractivity (Wildman–Crippen MR) is 83.9 cm³/mol. The number of benzene rings is 1. The van der Waals surface area contributed by atoms with Gasteiger partial charge in [-0.25, -0.2) is 15.2 Å². The number of anilines is 2. The fourth-order valence-corrected chi connectivity index (χ4v) is 2.27. The van der Waals surface area contributed by atoms with Crippen LogP contribution >= 0.6 is 22.6 Å². The number of rotatable bonds is 3. The Balaban J connectivity index is 2.26. The van der Waals surface area contributed by atoms with Crippen LogP contribution in [0.25, 0.3) is 0 Å². The van der Waals surface area contributed by atoms with Crippen molar-refractivity contribution in [3.05, 3.63) is 51.0 Å². The third-order valence-corrected chi connectivity index (χ3v) is 3.44. The molecule has 0 aliphatic carbocycles. The summed E-state index contributed by atoms with van der Waals surface area (Å²) in [6, 6.07) is 7.35. The van der Waals surface area contributed by atoms with E-state index >= 15 is 0 Å². The molecule has 0 spiro atoms. The third-order valence-electron chi connectivity index (χ3n) is 2.54. The van der Waals surface area contributed by atoms with E-state index in [4.69, 9.17) is 5.84 Å². The first-order chi connectivity index (χ1) is 9.49. The van der Waals surface area contributed by atoms with Gasteiger partial charge in [-0.2, -0.15) is 0 Å². The lowest BCUT2D eigenvalue weighted by atomic mass is 10.2. The summed E-state index contributed by atoms with van der Waals surface area (Å²) in [7, 11) is 0. The zero-order valence-corrected chi connectivity index (χ0v) is 12.7. The highest BCUT2D eigenvalue weighted by atomic mass is 127. The van der Waals surface area contributed by atoms with Gasteiger partial charge in [-0.15, -0.1) is 0 Å². The first-order valence-corrected chi connectivity index (χ1v) is 6.79. The van der Waals surface area contributed by atoms with Gasteiger partial charge < -0.3 is 10.7 Å². The number of halogens is 2. The molecule has 0 aliphatic heterocycles. The number of pyridine rings is 1. The van der Waals surface area contributed by atoms with Gasteiger partial charge in [-0.05, 0) is 59.8 Å². The number of nitrogens with two attached hydrogens (primary N) is 1. The minimum Gasteiger partial charge on any atom is -0.321 e. The SMILES string of the molecule is Cc1cc(C(=O)Nc2ccc(F)cc2I)cc(NN)n1. The Labute approximate surface area is 128 Å². The highest BCUT2D eigenvalue weighted by Gasteiger charge is 2.11. The van der Waals surface area contributed by atoms with Crippen molar-refractivity contribution in [2.45, 2.75) is 6.92 Å². The Bertz CT molecular complexity index is 663. The standard InChI is InChI=1S/C13H12FIN4O/c1-7-4-8(5-12(17-7)19-16)13(20)18-11-3-2-9(14)6-10(11)15/h2-6H,16H2,1H3,(H,17,19)(H,18,20). The van der Waals surface area contributed by atoms with Crippen molar-refractivity contribution in [1.29, 1.82) is 0 Å². The molecule has 20 heavy (non-hydrogen) atoms. The summed E-state index contributed by atoms with van der Waals surface area (Å²) < 4.78 is 13.6. The maximum absolute atomic E-state index is 13.0. The fraction of sp³-hybridized carbons (Fsp3) is 0.0769. The summed E-state index contributed by atoms with van der Waals surface area (Å²) in [4.78, 5) is 16.3. The molecule has 0 saturated carbocycles. The molecule has 2 aromatic rings. The summed E-state index contributed by atoms with van der Waals surface area (Å²) in [6.45, 7) is 1.76. The van der Waals surface area contributed by atoms with Crippen LogP contribution in [0.1, 0.15) is 16.1 Å². The summed E-state index contributed by atoms with van der Waals surface area (Å²) in [6.07, 6.45) is 0. The van der Waals surface area contributed by atoms with E-state index in [1.54, 1.807) is 19.1 Å². The molecule has 1 aromatic carbocycles. The van der Waals surface area contributed by atoms with Crippen molar-refractivity contribution in [2.75, 3.05) is 10.7 Å². The van der Waals surface area contributed by atoms with Crippen molar-refractivity contribution >= 4 is 40.0 Å². The van der Waals surface area contributed by atoms with Crippen LogP contribution in [0, 0.1) is 16.3 Å². The number of nitrogen functional groups attached to an aromatic ring is 1. The van der Waals surface area contributed by atoms with E-state index in [9.17, 15) is 9.18 Å². The first-order valence-electron chi connectivity index (χ1n) is 5.71. The van der Waals surface area contributed by atoms with E-state index in [-0.39, 0.29) is 11.7 Å². The van der Waals surface area contributed by atoms with E-state index < -0.39 is 0 Å². The Kier molecular flexibility index (Phi) is 4.50. The quantitative estimate of drug-likeness (QED) is 0.431. The molecule has 1 heterocycles. The molecular formula is C13H12FIN4O. The van der Waals surface area contributed by atoms with Crippen molar-refractivity contribution in [3.8, 4) is 0 Å². The van der Waals surface area contributed by atoms with Gasteiger partial charge >= 0.3 is 0 Å². The molecule has 1 amide bonds. The number of nitrogens with one attached hydrogen (secondary N) is 2. The van der Waals surface area contributed by atoms with Crippen LogP contribution in [-0.2, 0) is 0 Å². The Morgan fingerprint density at radius 3 is 2.75 bits per heavy atom. The average molecular weight is 386 g/mol. The molecular weight excluding hydrogens is 374 g/mol. The van der Waals surface area contributed by atoms with E-state index in [0.717, 1.165) is 0 Å². The van der Waals surface area contributed by atoms with Crippen LogP contribution in [0.5, 0.6) is 0 Å². The molecule has 0 fully saturated rings. The molecule has 0 saturated heterocycles. The van der Waals surface area contributed by atoms with Crippen LogP contribution in [-0.4, -0.2) is 10.9 Å². The lowest BCUT2D eigenvalue weighted by molar-refractivity contribution is 0.102. The van der Waals surface area contributed by atoms with E-state index in [2.05, 4.69) is 15.7 Å². The number of nitrogens with zero attached hydrogens (tertiary/aromatic N) is 1. The summed E-state index contributed by atoms with van der Waals surface area (Å²) >= 11 is 1.96. The van der Waals surface area contributed by atoms with Crippen LogP contribution < -0.4 is 16.6 Å². The lowest BCUT2D eigenvalue weighted by Crippen LogP contribution is -2.15.